The molecule has 158 valence electrons. The van der Waals surface area contributed by atoms with Gasteiger partial charge in [0, 0.05) is 5.92 Å². The van der Waals surface area contributed by atoms with Crippen molar-refractivity contribution < 1.29 is 9.47 Å². The first-order valence-corrected chi connectivity index (χ1v) is 12.4. The molecule has 6 rings (SSSR count). The minimum Gasteiger partial charge on any atom is -0.345 e. The maximum absolute atomic E-state index is 7.30. The molecule has 2 saturated heterocycles. The zero-order valence-corrected chi connectivity index (χ0v) is 19.2. The SMILES string of the molecule is CC1(C)[C@H]2CC[C@](C)(C2)[C@@]12CCC1CC[C@@]3(OC1O2)C(C)(C)[C@H]1CC[C@]3(C)C1. The Morgan fingerprint density at radius 3 is 1.36 bits per heavy atom. The van der Waals surface area contributed by atoms with Crippen LogP contribution in [0.4, 0.5) is 0 Å². The average Bonchev–Trinajstić information content (AvgIpc) is 3.31. The number of fused-ring (bicyclic) bond motifs is 7. The van der Waals surface area contributed by atoms with E-state index in [2.05, 4.69) is 41.5 Å². The van der Waals surface area contributed by atoms with E-state index < -0.39 is 0 Å². The fourth-order valence-electron chi connectivity index (χ4n) is 10.4. The van der Waals surface area contributed by atoms with Gasteiger partial charge in [-0.3, -0.25) is 0 Å². The fraction of sp³-hybridized carbons (Fsp3) is 1.00. The Kier molecular flexibility index (Phi) is 3.36. The quantitative estimate of drug-likeness (QED) is 0.460. The lowest BCUT2D eigenvalue weighted by Crippen LogP contribution is -2.66. The van der Waals surface area contributed by atoms with Gasteiger partial charge in [-0.15, -0.1) is 0 Å². The summed E-state index contributed by atoms with van der Waals surface area (Å²) < 4.78 is 14.6. The van der Waals surface area contributed by atoms with Gasteiger partial charge < -0.3 is 9.47 Å². The zero-order valence-electron chi connectivity index (χ0n) is 19.2. The molecule has 0 radical (unpaired) electrons. The van der Waals surface area contributed by atoms with Crippen molar-refractivity contribution in [1.82, 2.24) is 0 Å². The smallest absolute Gasteiger partial charge is 0.161 e. The van der Waals surface area contributed by atoms with Crippen molar-refractivity contribution in [2.24, 2.45) is 39.4 Å². The fourth-order valence-corrected chi connectivity index (χ4v) is 10.4. The first-order chi connectivity index (χ1) is 13.0. The first kappa shape index (κ1) is 18.7. The van der Waals surface area contributed by atoms with Crippen LogP contribution in [0.1, 0.15) is 106 Å². The Bertz CT molecular complexity index is 640. The van der Waals surface area contributed by atoms with Crippen molar-refractivity contribution in [2.75, 3.05) is 0 Å². The highest BCUT2D eigenvalue weighted by Crippen LogP contribution is 2.75. The maximum Gasteiger partial charge on any atom is 0.161 e. The molecule has 2 heteroatoms. The second kappa shape index (κ2) is 5.04. The summed E-state index contributed by atoms with van der Waals surface area (Å²) in [5, 5.41) is 0. The summed E-state index contributed by atoms with van der Waals surface area (Å²) in [7, 11) is 0. The van der Waals surface area contributed by atoms with Crippen LogP contribution in [-0.2, 0) is 9.47 Å². The standard InChI is InChI=1S/C26H42O2/c1-21(2)18-9-11-23(5,15-18)25(21)13-7-17-8-14-26(28-20(17)27-25)22(3,4)19-10-12-24(26,6)16-19/h17-20H,7-16H2,1-6H3/t17?,18-,19-,20?,23+,24+,25+,26+/m0/s1. The highest BCUT2D eigenvalue weighted by atomic mass is 16.7. The normalized spacial score (nSPS) is 60.6. The van der Waals surface area contributed by atoms with E-state index in [1.165, 1.54) is 64.2 Å². The Morgan fingerprint density at radius 2 is 1.00 bits per heavy atom. The molecule has 0 N–H and O–H groups in total. The molecule has 0 aromatic heterocycles. The molecule has 2 nitrogen and oxygen atoms in total. The van der Waals surface area contributed by atoms with Gasteiger partial charge in [-0.25, -0.2) is 0 Å². The molecule has 6 aliphatic rings. The molecule has 2 aliphatic heterocycles. The van der Waals surface area contributed by atoms with E-state index in [0.717, 1.165) is 11.8 Å². The number of hydrogen-bond acceptors (Lipinski definition) is 2. The van der Waals surface area contributed by atoms with Crippen LogP contribution in [0.5, 0.6) is 0 Å². The monoisotopic (exact) mass is 386 g/mol. The van der Waals surface area contributed by atoms with Crippen LogP contribution < -0.4 is 0 Å². The third kappa shape index (κ3) is 1.75. The summed E-state index contributed by atoms with van der Waals surface area (Å²) in [6.07, 6.45) is 13.4. The predicted octanol–water partition coefficient (Wildman–Crippen LogP) is 6.72. The van der Waals surface area contributed by atoms with Gasteiger partial charge in [-0.1, -0.05) is 41.5 Å². The Labute approximate surface area is 172 Å². The molecule has 0 aromatic rings. The third-order valence-electron chi connectivity index (χ3n) is 12.3. The molecule has 4 bridgehead atoms. The number of ether oxygens (including phenoxy) is 2. The van der Waals surface area contributed by atoms with Crippen molar-refractivity contribution in [2.45, 2.75) is 123 Å². The van der Waals surface area contributed by atoms with Crippen LogP contribution in [0.15, 0.2) is 0 Å². The molecule has 2 spiro atoms. The second-order valence-corrected chi connectivity index (χ2v) is 13.5. The molecule has 6 fully saturated rings. The van der Waals surface area contributed by atoms with Crippen LogP contribution in [0.3, 0.4) is 0 Å². The first-order valence-electron chi connectivity index (χ1n) is 12.4. The minimum absolute atomic E-state index is 0.0330. The highest BCUT2D eigenvalue weighted by molar-refractivity contribution is 5.23. The molecular formula is C26H42O2. The minimum atomic E-state index is 0.0330. The zero-order chi connectivity index (χ0) is 19.8. The van der Waals surface area contributed by atoms with Gasteiger partial charge in [0.05, 0.1) is 11.2 Å². The molecule has 28 heavy (non-hydrogen) atoms. The molecular weight excluding hydrogens is 344 g/mol. The molecule has 4 saturated carbocycles. The molecule has 0 unspecified atom stereocenters. The summed E-state index contributed by atoms with van der Waals surface area (Å²) in [5.41, 5.74) is 1.35. The summed E-state index contributed by atoms with van der Waals surface area (Å²) in [4.78, 5) is 0. The molecule has 6 atom stereocenters. The van der Waals surface area contributed by atoms with E-state index in [9.17, 15) is 0 Å². The summed E-state index contributed by atoms with van der Waals surface area (Å²) in [5.74, 6) is 2.29. The van der Waals surface area contributed by atoms with Crippen molar-refractivity contribution >= 4 is 0 Å². The van der Waals surface area contributed by atoms with E-state index in [0.29, 0.717) is 16.7 Å². The summed E-state index contributed by atoms with van der Waals surface area (Å²) in [6, 6.07) is 0. The van der Waals surface area contributed by atoms with Gasteiger partial charge in [0.15, 0.2) is 6.29 Å². The van der Waals surface area contributed by atoms with Crippen LogP contribution in [0.2, 0.25) is 0 Å². The highest BCUT2D eigenvalue weighted by Gasteiger charge is 2.75. The largest absolute Gasteiger partial charge is 0.345 e. The van der Waals surface area contributed by atoms with E-state index >= 15 is 0 Å². The number of rotatable bonds is 0. The van der Waals surface area contributed by atoms with E-state index in [-0.39, 0.29) is 28.3 Å². The lowest BCUT2D eigenvalue weighted by molar-refractivity contribution is -0.381. The third-order valence-corrected chi connectivity index (χ3v) is 12.3. The molecule has 0 amide bonds. The summed E-state index contributed by atoms with van der Waals surface area (Å²) in [6.45, 7) is 15.2. The van der Waals surface area contributed by atoms with E-state index in [1.54, 1.807) is 0 Å². The summed E-state index contributed by atoms with van der Waals surface area (Å²) >= 11 is 0. The molecule has 2 heterocycles. The van der Waals surface area contributed by atoms with Crippen molar-refractivity contribution in [3.05, 3.63) is 0 Å². The number of hydrogen-bond donors (Lipinski definition) is 0. The van der Waals surface area contributed by atoms with E-state index in [1.807, 2.05) is 0 Å². The Balaban J connectivity index is 1.37. The molecule has 0 aromatic carbocycles. The van der Waals surface area contributed by atoms with Gasteiger partial charge in [-0.05, 0) is 97.7 Å². The van der Waals surface area contributed by atoms with Gasteiger partial charge in [0.25, 0.3) is 0 Å². The van der Waals surface area contributed by atoms with Crippen molar-refractivity contribution in [1.29, 1.82) is 0 Å². The van der Waals surface area contributed by atoms with E-state index in [4.69, 9.17) is 9.47 Å². The average molecular weight is 387 g/mol. The topological polar surface area (TPSA) is 18.5 Å². The van der Waals surface area contributed by atoms with Crippen LogP contribution in [0, 0.1) is 39.4 Å². The van der Waals surface area contributed by atoms with Crippen LogP contribution in [-0.4, -0.2) is 17.5 Å². The Hall–Kier alpha value is -0.0800. The van der Waals surface area contributed by atoms with Gasteiger partial charge >= 0.3 is 0 Å². The lowest BCUT2D eigenvalue weighted by Gasteiger charge is -2.64. The van der Waals surface area contributed by atoms with Gasteiger partial charge in [0.2, 0.25) is 0 Å². The predicted molar refractivity (Wildman–Crippen MR) is 112 cm³/mol. The van der Waals surface area contributed by atoms with Gasteiger partial charge in [0.1, 0.15) is 0 Å². The van der Waals surface area contributed by atoms with Gasteiger partial charge in [-0.2, -0.15) is 0 Å². The van der Waals surface area contributed by atoms with Crippen LogP contribution >= 0.6 is 0 Å². The second-order valence-electron chi connectivity index (χ2n) is 13.5. The van der Waals surface area contributed by atoms with Crippen molar-refractivity contribution in [3.63, 3.8) is 0 Å². The Morgan fingerprint density at radius 1 is 0.571 bits per heavy atom. The molecule has 4 aliphatic carbocycles. The lowest BCUT2D eigenvalue weighted by atomic mass is 9.55. The van der Waals surface area contributed by atoms with Crippen molar-refractivity contribution in [3.8, 4) is 0 Å². The maximum atomic E-state index is 7.30. The van der Waals surface area contributed by atoms with Crippen LogP contribution in [0.25, 0.3) is 0 Å².